The number of nitrogens with one attached hydrogen (secondary N) is 1. The van der Waals surface area contributed by atoms with E-state index in [0.29, 0.717) is 60.0 Å². The fourth-order valence-electron chi connectivity index (χ4n) is 9.36. The van der Waals surface area contributed by atoms with Crippen LogP contribution in [0.25, 0.3) is 16.6 Å². The fourth-order valence-corrected chi connectivity index (χ4v) is 9.61. The lowest BCUT2D eigenvalue weighted by Crippen LogP contribution is -2.47. The second-order valence-corrected chi connectivity index (χ2v) is 16.7. The number of hydrogen-bond acceptors (Lipinski definition) is 8. The molecule has 4 heterocycles. The lowest BCUT2D eigenvalue weighted by Gasteiger charge is -2.38. The first kappa shape index (κ1) is 40.2. The summed E-state index contributed by atoms with van der Waals surface area (Å²) in [6.07, 6.45) is 2.63. The highest BCUT2D eigenvalue weighted by molar-refractivity contribution is 6.35. The summed E-state index contributed by atoms with van der Waals surface area (Å²) in [7, 11) is 1.40. The highest BCUT2D eigenvalue weighted by atomic mass is 35.5. The van der Waals surface area contributed by atoms with Crippen LogP contribution in [0, 0.1) is 23.0 Å². The molecule has 10 nitrogen and oxygen atoms in total. The molecular formula is C46H46ClF2N7O3. The molecule has 59 heavy (non-hydrogen) atoms. The quantitative estimate of drug-likeness (QED) is 0.146. The molecule has 1 unspecified atom stereocenters. The standard InChI is InChI=1S/C46H46ClF2N7O3/c1-46(2)34-11-10-30(23-40(34)56-39-8-4-7-35(47)42(39)44(59)52-45(46)56)29-13-15-53(16-14-29)27-28-9-12-38(31(22-28)26-50)55-19-17-54(18-20-55)32-24-36(48)41(37(49)25-32)33(6-5-21-57)43(58)51-3/h4,7-12,21-25,29,33H,5-6,13-20,27H2,1-3H3,(H,51,58). The number of aromatic nitrogens is 2. The summed E-state index contributed by atoms with van der Waals surface area (Å²) in [6.45, 7) is 8.85. The number of anilines is 2. The largest absolute Gasteiger partial charge is 0.368 e. The number of halogens is 3. The van der Waals surface area contributed by atoms with Gasteiger partial charge in [0.2, 0.25) is 5.91 Å². The van der Waals surface area contributed by atoms with Crippen LogP contribution in [0.4, 0.5) is 20.2 Å². The Balaban J connectivity index is 0.908. The van der Waals surface area contributed by atoms with Gasteiger partial charge in [-0.25, -0.2) is 8.78 Å². The molecule has 1 N–H and O–H groups in total. The van der Waals surface area contributed by atoms with Crippen LogP contribution < -0.4 is 20.7 Å². The Bertz CT molecular complexity index is 2550. The van der Waals surface area contributed by atoms with E-state index in [2.05, 4.69) is 68.8 Å². The van der Waals surface area contributed by atoms with E-state index in [-0.39, 0.29) is 24.0 Å². The smallest absolute Gasteiger partial charge is 0.282 e. The Morgan fingerprint density at radius 3 is 2.37 bits per heavy atom. The van der Waals surface area contributed by atoms with Crippen LogP contribution in [-0.4, -0.2) is 73.0 Å². The van der Waals surface area contributed by atoms with Gasteiger partial charge >= 0.3 is 0 Å². The molecule has 0 radical (unpaired) electrons. The number of piperazine rings is 1. The van der Waals surface area contributed by atoms with Crippen LogP contribution in [0.2, 0.25) is 5.02 Å². The van der Waals surface area contributed by atoms with Gasteiger partial charge in [0.25, 0.3) is 5.56 Å². The van der Waals surface area contributed by atoms with Gasteiger partial charge in [-0.3, -0.25) is 19.1 Å². The molecule has 1 aromatic heterocycles. The molecular weight excluding hydrogens is 772 g/mol. The molecule has 13 heteroatoms. The van der Waals surface area contributed by atoms with Gasteiger partial charge in [0, 0.05) is 57.4 Å². The third kappa shape index (κ3) is 7.36. The Morgan fingerprint density at radius 2 is 1.69 bits per heavy atom. The first-order valence-electron chi connectivity index (χ1n) is 20.2. The summed E-state index contributed by atoms with van der Waals surface area (Å²) in [4.78, 5) is 47.4. The van der Waals surface area contributed by atoms with E-state index in [1.54, 1.807) is 6.07 Å². The van der Waals surface area contributed by atoms with E-state index in [0.717, 1.165) is 66.3 Å². The Kier molecular flexibility index (Phi) is 11.0. The number of nitriles is 1. The van der Waals surface area contributed by atoms with Gasteiger partial charge < -0.3 is 19.9 Å². The number of hydrogen-bond donors (Lipinski definition) is 1. The van der Waals surface area contributed by atoms with Crippen molar-refractivity contribution in [1.82, 2.24) is 19.8 Å². The van der Waals surface area contributed by atoms with Crippen molar-refractivity contribution in [3.05, 3.63) is 127 Å². The molecule has 2 saturated heterocycles. The normalized spacial score (nSPS) is 17.0. The van der Waals surface area contributed by atoms with Gasteiger partial charge in [-0.1, -0.05) is 35.9 Å². The average molecular weight is 818 g/mol. The lowest BCUT2D eigenvalue weighted by atomic mass is 9.83. The highest BCUT2D eigenvalue weighted by Crippen LogP contribution is 2.45. The predicted octanol–water partition coefficient (Wildman–Crippen LogP) is 7.34. The Hall–Kier alpha value is -5.64. The SMILES string of the molecule is CNC(=O)C(CCC=O)c1c(F)cc(N2CCN(c3ccc(CN4CCC(c5ccc6c(c5)-n5c(nc(=O)c7c(Cl)cccc75)C6(C)C)CC4)cc3C#N)CC2)cc1F. The van der Waals surface area contributed by atoms with Gasteiger partial charge in [-0.2, -0.15) is 10.2 Å². The molecule has 2 fully saturated rings. The first-order chi connectivity index (χ1) is 28.4. The molecule has 8 rings (SSSR count). The van der Waals surface area contributed by atoms with E-state index in [9.17, 15) is 19.6 Å². The highest BCUT2D eigenvalue weighted by Gasteiger charge is 2.39. The number of amides is 1. The van der Waals surface area contributed by atoms with Crippen LogP contribution in [0.3, 0.4) is 0 Å². The summed E-state index contributed by atoms with van der Waals surface area (Å²) < 4.78 is 32.8. The molecule has 1 atom stereocenters. The van der Waals surface area contributed by atoms with Gasteiger partial charge in [0.1, 0.15) is 29.8 Å². The second kappa shape index (κ2) is 16.2. The summed E-state index contributed by atoms with van der Waals surface area (Å²) in [5.41, 5.74) is 6.03. The zero-order chi connectivity index (χ0) is 41.6. The molecule has 0 bridgehead atoms. The number of piperidine rings is 1. The lowest BCUT2D eigenvalue weighted by molar-refractivity contribution is -0.122. The monoisotopic (exact) mass is 817 g/mol. The van der Waals surface area contributed by atoms with Crippen LogP contribution in [0.15, 0.2) is 71.5 Å². The maximum atomic E-state index is 15.4. The Morgan fingerprint density at radius 1 is 0.983 bits per heavy atom. The zero-order valence-electron chi connectivity index (χ0n) is 33.4. The van der Waals surface area contributed by atoms with Gasteiger partial charge in [0.05, 0.1) is 44.2 Å². The first-order valence-corrected chi connectivity index (χ1v) is 20.6. The number of rotatable bonds is 10. The number of likely N-dealkylation sites (N-methyl/N-ethyl adjacent to an activating group) is 1. The van der Waals surface area contributed by atoms with Crippen molar-refractivity contribution < 1.29 is 18.4 Å². The van der Waals surface area contributed by atoms with Crippen molar-refractivity contribution in [2.75, 3.05) is 56.1 Å². The minimum atomic E-state index is -1.10. The van der Waals surface area contributed by atoms with E-state index in [4.69, 9.17) is 11.6 Å². The number of likely N-dealkylation sites (tertiary alicyclic amines) is 1. The Labute approximate surface area is 347 Å². The van der Waals surface area contributed by atoms with Crippen LogP contribution in [0.1, 0.15) is 85.0 Å². The molecule has 0 saturated carbocycles. The minimum absolute atomic E-state index is 0.0110. The summed E-state index contributed by atoms with van der Waals surface area (Å²) in [5, 5.41) is 13.5. The molecule has 4 aromatic carbocycles. The summed E-state index contributed by atoms with van der Waals surface area (Å²) in [6, 6.07) is 23.2. The van der Waals surface area contributed by atoms with Crippen molar-refractivity contribution in [1.29, 1.82) is 5.26 Å². The molecule has 3 aliphatic heterocycles. The molecule has 1 amide bonds. The van der Waals surface area contributed by atoms with Crippen LogP contribution >= 0.6 is 11.6 Å². The number of carbonyl (C=O) groups excluding carboxylic acids is 2. The van der Waals surface area contributed by atoms with Crippen LogP contribution in [-0.2, 0) is 21.5 Å². The molecule has 304 valence electrons. The number of benzene rings is 4. The molecule has 0 aliphatic carbocycles. The number of carbonyl (C=O) groups is 2. The minimum Gasteiger partial charge on any atom is -0.368 e. The fraction of sp³-hybridized carbons (Fsp3) is 0.370. The van der Waals surface area contributed by atoms with Gasteiger partial charge in [-0.05, 0) is 111 Å². The van der Waals surface area contributed by atoms with E-state index < -0.39 is 28.9 Å². The van der Waals surface area contributed by atoms with E-state index >= 15 is 8.78 Å². The van der Waals surface area contributed by atoms with Crippen molar-refractivity contribution in [2.45, 2.75) is 63.3 Å². The topological polar surface area (TPSA) is 115 Å². The number of fused-ring (bicyclic) bond motifs is 5. The van der Waals surface area contributed by atoms with Gasteiger partial charge in [-0.15, -0.1) is 0 Å². The molecule has 5 aromatic rings. The van der Waals surface area contributed by atoms with E-state index in [1.807, 2.05) is 29.2 Å². The third-order valence-corrected chi connectivity index (χ3v) is 12.9. The number of nitrogens with zero attached hydrogens (tertiary/aromatic N) is 6. The summed E-state index contributed by atoms with van der Waals surface area (Å²) in [5.74, 6) is -2.18. The van der Waals surface area contributed by atoms with Gasteiger partial charge in [0.15, 0.2) is 0 Å². The maximum Gasteiger partial charge on any atom is 0.282 e. The van der Waals surface area contributed by atoms with Crippen molar-refractivity contribution in [3.8, 4) is 11.8 Å². The molecule has 0 spiro atoms. The van der Waals surface area contributed by atoms with Crippen molar-refractivity contribution in [2.24, 2.45) is 0 Å². The summed E-state index contributed by atoms with van der Waals surface area (Å²) >= 11 is 6.50. The second-order valence-electron chi connectivity index (χ2n) is 16.3. The zero-order valence-corrected chi connectivity index (χ0v) is 34.2. The third-order valence-electron chi connectivity index (χ3n) is 12.5. The predicted molar refractivity (Wildman–Crippen MR) is 226 cm³/mol. The van der Waals surface area contributed by atoms with E-state index in [1.165, 1.54) is 24.7 Å². The van der Waals surface area contributed by atoms with Crippen LogP contribution in [0.5, 0.6) is 0 Å². The number of aldehydes is 1. The molecule has 3 aliphatic rings. The average Bonchev–Trinajstić information content (AvgIpc) is 3.46. The van der Waals surface area contributed by atoms with Crippen molar-refractivity contribution >= 4 is 46.1 Å². The maximum absolute atomic E-state index is 15.4. The van der Waals surface area contributed by atoms with Crippen molar-refractivity contribution in [3.63, 3.8) is 0 Å².